The van der Waals surface area contributed by atoms with Crippen molar-refractivity contribution in [3.63, 3.8) is 0 Å². The van der Waals surface area contributed by atoms with Gasteiger partial charge < -0.3 is 10.1 Å². The quantitative estimate of drug-likeness (QED) is 0.778. The number of hydrogen-bond acceptors (Lipinski definition) is 4. The third-order valence-corrected chi connectivity index (χ3v) is 2.23. The van der Waals surface area contributed by atoms with Gasteiger partial charge >= 0.3 is 0 Å². The average Bonchev–Trinajstić information content (AvgIpc) is 2.24. The molecular formula is C12H21N3O. The van der Waals surface area contributed by atoms with E-state index in [9.17, 15) is 0 Å². The summed E-state index contributed by atoms with van der Waals surface area (Å²) in [5.74, 6) is 0.698. The highest BCUT2D eigenvalue weighted by molar-refractivity contribution is 5.27. The van der Waals surface area contributed by atoms with E-state index in [2.05, 4.69) is 36.1 Å². The van der Waals surface area contributed by atoms with Gasteiger partial charge in [-0.2, -0.15) is 0 Å². The fraction of sp³-hybridized carbons (Fsp3) is 0.667. The molecule has 0 aliphatic carbocycles. The van der Waals surface area contributed by atoms with Gasteiger partial charge in [0.1, 0.15) is 0 Å². The first-order valence-electron chi connectivity index (χ1n) is 5.60. The van der Waals surface area contributed by atoms with Crippen molar-refractivity contribution in [3.8, 4) is 0 Å². The first kappa shape index (κ1) is 12.9. The molecule has 0 bridgehead atoms. The predicted molar refractivity (Wildman–Crippen MR) is 65.7 cm³/mol. The number of hydrogen-bond donors (Lipinski definition) is 1. The first-order valence-corrected chi connectivity index (χ1v) is 5.60. The van der Waals surface area contributed by atoms with Crippen molar-refractivity contribution in [3.05, 3.63) is 18.0 Å². The number of aromatic nitrogens is 2. The van der Waals surface area contributed by atoms with Gasteiger partial charge in [0.2, 0.25) is 5.95 Å². The Morgan fingerprint density at radius 3 is 2.75 bits per heavy atom. The summed E-state index contributed by atoms with van der Waals surface area (Å²) in [5.41, 5.74) is 1.11. The zero-order valence-electron chi connectivity index (χ0n) is 10.6. The highest BCUT2D eigenvalue weighted by atomic mass is 16.5. The lowest BCUT2D eigenvalue weighted by Crippen LogP contribution is -2.16. The Balaban J connectivity index is 2.54. The number of nitrogens with one attached hydrogen (secondary N) is 1. The van der Waals surface area contributed by atoms with E-state index < -0.39 is 0 Å². The standard InChI is InChI=1S/C12H21N3O/c1-12(2,3)10-6-8-14-11(15-10)13-7-5-9-16-4/h6,8H,5,7,9H2,1-4H3,(H,13,14,15). The van der Waals surface area contributed by atoms with E-state index in [1.807, 2.05) is 6.07 Å². The van der Waals surface area contributed by atoms with Crippen LogP contribution in [0.5, 0.6) is 0 Å². The molecular weight excluding hydrogens is 202 g/mol. The van der Waals surface area contributed by atoms with Crippen LogP contribution in [0.2, 0.25) is 0 Å². The van der Waals surface area contributed by atoms with Crippen LogP contribution in [0.25, 0.3) is 0 Å². The predicted octanol–water partition coefficient (Wildman–Crippen LogP) is 2.22. The molecule has 0 amide bonds. The molecule has 90 valence electrons. The third kappa shape index (κ3) is 4.14. The van der Waals surface area contributed by atoms with Crippen LogP contribution in [-0.4, -0.2) is 30.2 Å². The molecule has 0 aliphatic rings. The van der Waals surface area contributed by atoms with E-state index in [-0.39, 0.29) is 5.41 Å². The molecule has 4 heteroatoms. The fourth-order valence-corrected chi connectivity index (χ4v) is 1.28. The van der Waals surface area contributed by atoms with Gasteiger partial charge in [0, 0.05) is 31.9 Å². The lowest BCUT2D eigenvalue weighted by atomic mass is 9.92. The van der Waals surface area contributed by atoms with Crippen LogP contribution in [0.3, 0.4) is 0 Å². The van der Waals surface area contributed by atoms with Crippen LogP contribution in [-0.2, 0) is 10.2 Å². The molecule has 4 nitrogen and oxygen atoms in total. The summed E-state index contributed by atoms with van der Waals surface area (Å²) in [5, 5.41) is 3.19. The minimum absolute atomic E-state index is 0.0614. The Kier molecular flexibility index (Phi) is 4.68. The molecule has 0 atom stereocenters. The van der Waals surface area contributed by atoms with Gasteiger partial charge in [-0.3, -0.25) is 0 Å². The van der Waals surface area contributed by atoms with Gasteiger partial charge in [-0.05, 0) is 12.5 Å². The highest BCUT2D eigenvalue weighted by Crippen LogP contribution is 2.19. The fourth-order valence-electron chi connectivity index (χ4n) is 1.28. The SMILES string of the molecule is COCCCNc1nccc(C(C)(C)C)n1. The number of rotatable bonds is 5. The van der Waals surface area contributed by atoms with Crippen molar-refractivity contribution < 1.29 is 4.74 Å². The second-order valence-electron chi connectivity index (χ2n) is 4.79. The molecule has 1 aromatic heterocycles. The molecule has 1 rings (SSSR count). The van der Waals surface area contributed by atoms with Crippen molar-refractivity contribution in [2.24, 2.45) is 0 Å². The highest BCUT2D eigenvalue weighted by Gasteiger charge is 2.15. The Morgan fingerprint density at radius 2 is 2.12 bits per heavy atom. The molecule has 1 N–H and O–H groups in total. The summed E-state index contributed by atoms with van der Waals surface area (Å²) < 4.78 is 4.98. The third-order valence-electron chi connectivity index (χ3n) is 2.23. The Morgan fingerprint density at radius 1 is 1.38 bits per heavy atom. The van der Waals surface area contributed by atoms with Crippen LogP contribution in [0.1, 0.15) is 32.9 Å². The second-order valence-corrected chi connectivity index (χ2v) is 4.79. The Labute approximate surface area is 97.5 Å². The summed E-state index contributed by atoms with van der Waals surface area (Å²) in [6.07, 6.45) is 2.76. The molecule has 16 heavy (non-hydrogen) atoms. The van der Waals surface area contributed by atoms with E-state index in [1.165, 1.54) is 0 Å². The van der Waals surface area contributed by atoms with Gasteiger partial charge in [0.15, 0.2) is 0 Å². The molecule has 0 unspecified atom stereocenters. The number of ether oxygens (including phenoxy) is 1. The maximum Gasteiger partial charge on any atom is 0.222 e. The van der Waals surface area contributed by atoms with Crippen molar-refractivity contribution in [2.75, 3.05) is 25.6 Å². The maximum atomic E-state index is 4.98. The Bertz CT molecular complexity index is 320. The normalized spacial score (nSPS) is 11.5. The van der Waals surface area contributed by atoms with Gasteiger partial charge in [-0.15, -0.1) is 0 Å². The lowest BCUT2D eigenvalue weighted by Gasteiger charge is -2.17. The van der Waals surface area contributed by atoms with Gasteiger partial charge in [0.25, 0.3) is 0 Å². The number of methoxy groups -OCH3 is 1. The zero-order valence-corrected chi connectivity index (χ0v) is 10.6. The molecule has 0 saturated carbocycles. The van der Waals surface area contributed by atoms with E-state index in [4.69, 9.17) is 4.74 Å². The smallest absolute Gasteiger partial charge is 0.222 e. The summed E-state index contributed by atoms with van der Waals surface area (Å²) in [6.45, 7) is 8.02. The average molecular weight is 223 g/mol. The van der Waals surface area contributed by atoms with E-state index in [0.29, 0.717) is 5.95 Å². The molecule has 0 saturated heterocycles. The van der Waals surface area contributed by atoms with E-state index >= 15 is 0 Å². The van der Waals surface area contributed by atoms with Crippen LogP contribution in [0.15, 0.2) is 12.3 Å². The van der Waals surface area contributed by atoms with Gasteiger partial charge in [0.05, 0.1) is 5.69 Å². The number of nitrogens with zero attached hydrogens (tertiary/aromatic N) is 2. The van der Waals surface area contributed by atoms with Gasteiger partial charge in [-0.1, -0.05) is 20.8 Å². The number of anilines is 1. The maximum absolute atomic E-state index is 4.98. The summed E-state index contributed by atoms with van der Waals surface area (Å²) in [6, 6.07) is 1.96. The van der Waals surface area contributed by atoms with Crippen LogP contribution in [0.4, 0.5) is 5.95 Å². The topological polar surface area (TPSA) is 47.0 Å². The molecule has 1 heterocycles. The second kappa shape index (κ2) is 5.80. The minimum Gasteiger partial charge on any atom is -0.385 e. The van der Waals surface area contributed by atoms with Gasteiger partial charge in [-0.25, -0.2) is 9.97 Å². The zero-order chi connectivity index (χ0) is 12.0. The molecule has 0 fully saturated rings. The van der Waals surface area contributed by atoms with Crippen molar-refractivity contribution in [1.82, 2.24) is 9.97 Å². The first-order chi connectivity index (χ1) is 7.54. The van der Waals surface area contributed by atoms with Crippen molar-refractivity contribution >= 4 is 5.95 Å². The van der Waals surface area contributed by atoms with Crippen LogP contribution < -0.4 is 5.32 Å². The van der Waals surface area contributed by atoms with Crippen LogP contribution in [0, 0.1) is 0 Å². The summed E-state index contributed by atoms with van der Waals surface area (Å²) in [4.78, 5) is 8.67. The van der Waals surface area contributed by atoms with Crippen molar-refractivity contribution in [2.45, 2.75) is 32.6 Å². The van der Waals surface area contributed by atoms with Crippen LogP contribution >= 0.6 is 0 Å². The lowest BCUT2D eigenvalue weighted by molar-refractivity contribution is 0.197. The minimum atomic E-state index is 0.0614. The van der Waals surface area contributed by atoms with Crippen molar-refractivity contribution in [1.29, 1.82) is 0 Å². The molecule has 0 aliphatic heterocycles. The molecule has 1 aromatic rings. The Hall–Kier alpha value is -1.16. The summed E-state index contributed by atoms with van der Waals surface area (Å²) >= 11 is 0. The van der Waals surface area contributed by atoms with E-state index in [1.54, 1.807) is 13.3 Å². The monoisotopic (exact) mass is 223 g/mol. The largest absolute Gasteiger partial charge is 0.385 e. The molecule has 0 radical (unpaired) electrons. The van der Waals surface area contributed by atoms with E-state index in [0.717, 1.165) is 25.3 Å². The molecule has 0 aromatic carbocycles. The summed E-state index contributed by atoms with van der Waals surface area (Å²) in [7, 11) is 1.71. The molecule has 0 spiro atoms.